The molecule has 2 aromatic rings. The van der Waals surface area contributed by atoms with Gasteiger partial charge in [0.2, 0.25) is 5.91 Å². The lowest BCUT2D eigenvalue weighted by molar-refractivity contribution is -0.132. The summed E-state index contributed by atoms with van der Waals surface area (Å²) in [6.07, 6.45) is 6.48. The number of amides is 1. The first-order chi connectivity index (χ1) is 12.1. The normalized spacial score (nSPS) is 17.2. The number of hydrogen-bond acceptors (Lipinski definition) is 7. The van der Waals surface area contributed by atoms with Gasteiger partial charge in [0.1, 0.15) is 18.5 Å². The predicted octanol–water partition coefficient (Wildman–Crippen LogP) is 1.26. The lowest BCUT2D eigenvalue weighted by atomic mass is 10.2. The van der Waals surface area contributed by atoms with Crippen LogP contribution in [0.5, 0.6) is 0 Å². The fraction of sp³-hybridized carbons (Fsp3) is 0.688. The van der Waals surface area contributed by atoms with E-state index in [2.05, 4.69) is 25.6 Å². The van der Waals surface area contributed by atoms with E-state index in [1.807, 2.05) is 6.92 Å². The number of rotatable bonds is 6. The van der Waals surface area contributed by atoms with Gasteiger partial charge in [-0.05, 0) is 43.3 Å². The lowest BCUT2D eigenvalue weighted by Gasteiger charge is -2.23. The fourth-order valence-corrected chi connectivity index (χ4v) is 3.05. The molecule has 1 fully saturated rings. The Kier molecular flexibility index (Phi) is 5.75. The molecular weight excluding hydrogens is 322 g/mol. The van der Waals surface area contributed by atoms with E-state index in [1.165, 1.54) is 31.9 Å². The standard InChI is InChI=1S/C16H25N7O2/c1-13(14-7-10-25-18-14)21(2)16(24)12-23-15(17-19-20-23)11-22-8-5-3-4-6-9-22/h7,10,13H,3-6,8-9,11-12H2,1-2H3/t13-/m0/s1. The molecule has 0 saturated carbocycles. The number of tetrazole rings is 1. The van der Waals surface area contributed by atoms with E-state index in [0.717, 1.165) is 24.6 Å². The maximum atomic E-state index is 12.6. The van der Waals surface area contributed by atoms with Crippen LogP contribution in [0.1, 0.15) is 50.2 Å². The summed E-state index contributed by atoms with van der Waals surface area (Å²) in [6, 6.07) is 1.59. The van der Waals surface area contributed by atoms with Crippen LogP contribution in [0.25, 0.3) is 0 Å². The van der Waals surface area contributed by atoms with E-state index in [-0.39, 0.29) is 18.5 Å². The maximum absolute atomic E-state index is 12.6. The van der Waals surface area contributed by atoms with Crippen molar-refractivity contribution < 1.29 is 9.32 Å². The second kappa shape index (κ2) is 8.19. The van der Waals surface area contributed by atoms with Gasteiger partial charge in [-0.1, -0.05) is 18.0 Å². The van der Waals surface area contributed by atoms with Crippen LogP contribution in [0.3, 0.4) is 0 Å². The quantitative estimate of drug-likeness (QED) is 0.776. The zero-order valence-corrected chi connectivity index (χ0v) is 14.8. The number of hydrogen-bond donors (Lipinski definition) is 0. The molecule has 0 unspecified atom stereocenters. The average Bonchev–Trinajstić information content (AvgIpc) is 3.22. The van der Waals surface area contributed by atoms with Crippen molar-refractivity contribution >= 4 is 5.91 Å². The van der Waals surface area contributed by atoms with Gasteiger partial charge >= 0.3 is 0 Å². The molecule has 9 nitrogen and oxygen atoms in total. The first-order valence-electron chi connectivity index (χ1n) is 8.78. The molecule has 25 heavy (non-hydrogen) atoms. The van der Waals surface area contributed by atoms with Gasteiger partial charge in [0, 0.05) is 13.1 Å². The van der Waals surface area contributed by atoms with Crippen LogP contribution in [-0.4, -0.2) is 61.2 Å². The van der Waals surface area contributed by atoms with Crippen molar-refractivity contribution in [3.8, 4) is 0 Å². The second-order valence-electron chi connectivity index (χ2n) is 6.55. The Morgan fingerprint density at radius 2 is 2.08 bits per heavy atom. The molecule has 9 heteroatoms. The van der Waals surface area contributed by atoms with Crippen LogP contribution in [-0.2, 0) is 17.9 Å². The van der Waals surface area contributed by atoms with E-state index >= 15 is 0 Å². The first-order valence-corrected chi connectivity index (χ1v) is 8.78. The molecule has 3 heterocycles. The molecule has 0 N–H and O–H groups in total. The van der Waals surface area contributed by atoms with Crippen LogP contribution in [0, 0.1) is 0 Å². The molecule has 136 valence electrons. The van der Waals surface area contributed by atoms with Crippen molar-refractivity contribution in [3.63, 3.8) is 0 Å². The first kappa shape index (κ1) is 17.5. The highest BCUT2D eigenvalue weighted by molar-refractivity contribution is 5.76. The molecule has 1 amide bonds. The summed E-state index contributed by atoms with van der Waals surface area (Å²) in [4.78, 5) is 16.6. The summed E-state index contributed by atoms with van der Waals surface area (Å²) in [5.74, 6) is 0.664. The summed E-state index contributed by atoms with van der Waals surface area (Å²) in [7, 11) is 1.75. The minimum atomic E-state index is -0.170. The van der Waals surface area contributed by atoms with Crippen LogP contribution in [0.4, 0.5) is 0 Å². The van der Waals surface area contributed by atoms with E-state index in [0.29, 0.717) is 6.54 Å². The van der Waals surface area contributed by atoms with Crippen molar-refractivity contribution in [1.29, 1.82) is 0 Å². The monoisotopic (exact) mass is 347 g/mol. The van der Waals surface area contributed by atoms with E-state index in [1.54, 1.807) is 22.7 Å². The third kappa shape index (κ3) is 4.41. The highest BCUT2D eigenvalue weighted by Gasteiger charge is 2.22. The fourth-order valence-electron chi connectivity index (χ4n) is 3.05. The average molecular weight is 347 g/mol. The van der Waals surface area contributed by atoms with Crippen molar-refractivity contribution in [2.75, 3.05) is 20.1 Å². The molecule has 1 aliphatic rings. The van der Waals surface area contributed by atoms with Crippen LogP contribution >= 0.6 is 0 Å². The number of carbonyl (C=O) groups is 1. The Bertz CT molecular complexity index is 662. The van der Waals surface area contributed by atoms with Gasteiger partial charge in [-0.25, -0.2) is 4.68 Å². The number of nitrogens with zero attached hydrogens (tertiary/aromatic N) is 7. The molecular formula is C16H25N7O2. The van der Waals surface area contributed by atoms with Crippen LogP contribution in [0.2, 0.25) is 0 Å². The van der Waals surface area contributed by atoms with Gasteiger partial charge in [-0.2, -0.15) is 0 Å². The largest absolute Gasteiger partial charge is 0.364 e. The van der Waals surface area contributed by atoms with Gasteiger partial charge in [0.25, 0.3) is 0 Å². The van der Waals surface area contributed by atoms with Crippen molar-refractivity contribution in [2.45, 2.75) is 51.7 Å². The summed E-state index contributed by atoms with van der Waals surface area (Å²) in [5, 5.41) is 15.8. The van der Waals surface area contributed by atoms with Gasteiger partial charge in [-0.15, -0.1) is 5.10 Å². The van der Waals surface area contributed by atoms with E-state index < -0.39 is 0 Å². The Balaban J connectivity index is 1.61. The number of carbonyl (C=O) groups excluding carboxylic acids is 1. The number of aromatic nitrogens is 5. The zero-order chi connectivity index (χ0) is 17.6. The van der Waals surface area contributed by atoms with Gasteiger partial charge in [0.05, 0.1) is 12.6 Å². The molecule has 2 aromatic heterocycles. The molecule has 0 aromatic carbocycles. The SMILES string of the molecule is C[C@@H](c1ccon1)N(C)C(=O)Cn1nnnc1CN1CCCCCC1. The Morgan fingerprint density at radius 3 is 2.76 bits per heavy atom. The third-order valence-electron chi connectivity index (χ3n) is 4.81. The van der Waals surface area contributed by atoms with Gasteiger partial charge < -0.3 is 9.42 Å². The predicted molar refractivity (Wildman–Crippen MR) is 89.3 cm³/mol. The summed E-state index contributed by atoms with van der Waals surface area (Å²) in [5.41, 5.74) is 0.720. The Morgan fingerprint density at radius 1 is 1.32 bits per heavy atom. The van der Waals surface area contributed by atoms with Crippen molar-refractivity contribution in [3.05, 3.63) is 23.8 Å². The zero-order valence-electron chi connectivity index (χ0n) is 14.8. The highest BCUT2D eigenvalue weighted by Crippen LogP contribution is 2.17. The Labute approximate surface area is 146 Å². The summed E-state index contributed by atoms with van der Waals surface area (Å²) in [6.45, 7) is 4.83. The van der Waals surface area contributed by atoms with Crippen molar-refractivity contribution in [1.82, 2.24) is 35.2 Å². The summed E-state index contributed by atoms with van der Waals surface area (Å²) < 4.78 is 6.45. The number of likely N-dealkylation sites (tertiary alicyclic amines) is 1. The third-order valence-corrected chi connectivity index (χ3v) is 4.81. The smallest absolute Gasteiger partial charge is 0.244 e. The number of likely N-dealkylation sites (N-methyl/N-ethyl adjacent to an activating group) is 1. The topological polar surface area (TPSA) is 93.2 Å². The molecule has 3 rings (SSSR count). The minimum absolute atomic E-state index is 0.0695. The lowest BCUT2D eigenvalue weighted by Crippen LogP contribution is -2.34. The molecule has 0 spiro atoms. The van der Waals surface area contributed by atoms with Crippen LogP contribution in [0.15, 0.2) is 16.9 Å². The molecule has 1 saturated heterocycles. The van der Waals surface area contributed by atoms with Crippen molar-refractivity contribution in [2.24, 2.45) is 0 Å². The van der Waals surface area contributed by atoms with Gasteiger partial charge in [-0.3, -0.25) is 9.69 Å². The van der Waals surface area contributed by atoms with E-state index in [4.69, 9.17) is 4.52 Å². The second-order valence-corrected chi connectivity index (χ2v) is 6.55. The van der Waals surface area contributed by atoms with Crippen LogP contribution < -0.4 is 0 Å². The summed E-state index contributed by atoms with van der Waals surface area (Å²) >= 11 is 0. The van der Waals surface area contributed by atoms with E-state index in [9.17, 15) is 4.79 Å². The molecule has 1 atom stereocenters. The minimum Gasteiger partial charge on any atom is -0.364 e. The molecule has 0 radical (unpaired) electrons. The Hall–Kier alpha value is -2.29. The maximum Gasteiger partial charge on any atom is 0.244 e. The van der Waals surface area contributed by atoms with Gasteiger partial charge in [0.15, 0.2) is 5.82 Å². The highest BCUT2D eigenvalue weighted by atomic mass is 16.5. The molecule has 1 aliphatic heterocycles. The molecule has 0 aliphatic carbocycles. The molecule has 0 bridgehead atoms.